The summed E-state index contributed by atoms with van der Waals surface area (Å²) < 4.78 is 22.0. The summed E-state index contributed by atoms with van der Waals surface area (Å²) in [6.07, 6.45) is 1.92. The maximum atomic E-state index is 7.35. The van der Waals surface area contributed by atoms with Crippen molar-refractivity contribution >= 4 is 13.3 Å². The molecule has 0 spiro atoms. The summed E-state index contributed by atoms with van der Waals surface area (Å²) in [5.74, 6) is 0. The van der Waals surface area contributed by atoms with Gasteiger partial charge in [-0.1, -0.05) is 82.8 Å². The van der Waals surface area contributed by atoms with E-state index >= 15 is 0 Å². The van der Waals surface area contributed by atoms with Gasteiger partial charge in [-0.25, -0.2) is 11.1 Å². The second-order valence-electron chi connectivity index (χ2n) is 10.9. The van der Waals surface area contributed by atoms with Crippen molar-refractivity contribution in [2.24, 2.45) is 0 Å². The summed E-state index contributed by atoms with van der Waals surface area (Å²) in [7, 11) is -1.34. The van der Waals surface area contributed by atoms with Crippen molar-refractivity contribution in [3.05, 3.63) is 144 Å². The molecule has 0 aliphatic heterocycles. The van der Waals surface area contributed by atoms with Crippen molar-refractivity contribution in [3.63, 3.8) is 0 Å². The Labute approximate surface area is 254 Å². The van der Waals surface area contributed by atoms with E-state index in [1.165, 1.54) is 22.4 Å². The molecule has 1 nitrogen and oxygen atoms in total. The Hall–Kier alpha value is -3.10. The summed E-state index contributed by atoms with van der Waals surface area (Å²) in [6.45, 7) is 9.28. The SMILES string of the molecule is CC(C)(c1ccccc1)c1cc[c-]c(-c2[c-]cccc2)c1.[2H]C([2H])([2H])c1c[c-]c(-c2ccc([Si](C)(C)C)cn2)cc1.[Ir+3]. The molecule has 0 bridgehead atoms. The van der Waals surface area contributed by atoms with E-state index < -0.39 is 14.9 Å². The molecule has 0 saturated heterocycles. The second-order valence-corrected chi connectivity index (χ2v) is 16.0. The van der Waals surface area contributed by atoms with E-state index in [-0.39, 0.29) is 25.5 Å². The van der Waals surface area contributed by atoms with Crippen LogP contribution in [0.15, 0.2) is 109 Å². The Bertz CT molecular complexity index is 1490. The normalized spacial score (nSPS) is 12.6. The van der Waals surface area contributed by atoms with Crippen molar-refractivity contribution < 1.29 is 24.2 Å². The zero-order chi connectivity index (χ0) is 29.7. The van der Waals surface area contributed by atoms with Crippen LogP contribution in [0, 0.1) is 25.1 Å². The zero-order valence-electron chi connectivity index (χ0n) is 26.2. The molecule has 3 heteroatoms. The first-order valence-corrected chi connectivity index (χ1v) is 16.4. The number of hydrogen-bond donors (Lipinski definition) is 0. The molecule has 1 aromatic heterocycles. The van der Waals surface area contributed by atoms with E-state index in [2.05, 4.69) is 111 Å². The first kappa shape index (κ1) is 26.1. The van der Waals surface area contributed by atoms with Gasteiger partial charge in [0.05, 0.1) is 8.07 Å². The minimum absolute atomic E-state index is 0. The summed E-state index contributed by atoms with van der Waals surface area (Å²) in [6, 6.07) is 43.6. The minimum Gasteiger partial charge on any atom is -0.305 e. The Kier molecular flexibility index (Phi) is 8.92. The zero-order valence-corrected chi connectivity index (χ0v) is 26.6. The molecule has 4 aromatic carbocycles. The Morgan fingerprint density at radius 1 is 0.718 bits per heavy atom. The molecular weight excluding hydrogens is 667 g/mol. The van der Waals surface area contributed by atoms with Crippen LogP contribution in [0.5, 0.6) is 0 Å². The van der Waals surface area contributed by atoms with Gasteiger partial charge >= 0.3 is 20.1 Å². The van der Waals surface area contributed by atoms with Crippen molar-refractivity contribution in [1.29, 1.82) is 0 Å². The van der Waals surface area contributed by atoms with E-state index in [4.69, 9.17) is 4.11 Å². The summed E-state index contributed by atoms with van der Waals surface area (Å²) >= 11 is 0. The third-order valence-corrected chi connectivity index (χ3v) is 8.76. The fraction of sp³-hybridized carbons (Fsp3) is 0.194. The van der Waals surface area contributed by atoms with Crippen molar-refractivity contribution in [2.75, 3.05) is 0 Å². The fourth-order valence-electron chi connectivity index (χ4n) is 4.17. The number of aryl methyl sites for hydroxylation is 1. The molecular formula is C36H36IrNSi. The third-order valence-electron chi connectivity index (χ3n) is 6.74. The quantitative estimate of drug-likeness (QED) is 0.132. The van der Waals surface area contributed by atoms with Gasteiger partial charge in [0.1, 0.15) is 0 Å². The van der Waals surface area contributed by atoms with Crippen LogP contribution in [0.2, 0.25) is 19.6 Å². The van der Waals surface area contributed by atoms with Gasteiger partial charge < -0.3 is 4.98 Å². The average molecular weight is 706 g/mol. The molecule has 0 fully saturated rings. The molecule has 0 amide bonds. The van der Waals surface area contributed by atoms with E-state index in [1.54, 1.807) is 12.1 Å². The standard InChI is InChI=1S/C21H18.C15H18NSi.Ir/c1-21(2,19-13-7-4-8-14-19)20-15-9-12-18(16-20)17-10-5-3-6-11-17;1-12-5-7-13(8-6-12)15-10-9-14(11-16-15)17(2,3)4;/h3-10,13-16H,1-2H3;5-7,9-11H,1-4H3;/q-2;-1;+3/i;1D3;. The molecule has 5 aromatic rings. The number of pyridine rings is 1. The number of rotatable bonds is 5. The van der Waals surface area contributed by atoms with Crippen molar-refractivity contribution in [1.82, 2.24) is 4.98 Å². The Balaban J connectivity index is 0.000000225. The number of hydrogen-bond acceptors (Lipinski definition) is 1. The van der Waals surface area contributed by atoms with Crippen molar-refractivity contribution in [3.8, 4) is 22.4 Å². The summed E-state index contributed by atoms with van der Waals surface area (Å²) in [5.41, 5.74) is 6.71. The number of nitrogens with zero attached hydrogens (tertiary/aromatic N) is 1. The topological polar surface area (TPSA) is 12.9 Å². The molecule has 0 unspecified atom stereocenters. The van der Waals surface area contributed by atoms with Crippen LogP contribution in [-0.4, -0.2) is 13.1 Å². The van der Waals surface area contributed by atoms with E-state index in [1.807, 2.05) is 36.5 Å². The monoisotopic (exact) mass is 706 g/mol. The minimum atomic E-state index is -2.08. The first-order valence-electron chi connectivity index (χ1n) is 14.4. The van der Waals surface area contributed by atoms with Crippen LogP contribution in [0.4, 0.5) is 0 Å². The second kappa shape index (κ2) is 13.3. The van der Waals surface area contributed by atoms with E-state index in [0.717, 1.165) is 22.4 Å². The van der Waals surface area contributed by atoms with Crippen LogP contribution in [0.3, 0.4) is 0 Å². The molecule has 39 heavy (non-hydrogen) atoms. The van der Waals surface area contributed by atoms with Gasteiger partial charge in [-0.2, -0.15) is 42.5 Å². The van der Waals surface area contributed by atoms with Crippen molar-refractivity contribution in [2.45, 2.75) is 45.8 Å². The van der Waals surface area contributed by atoms with Gasteiger partial charge in [-0.05, 0) is 21.9 Å². The van der Waals surface area contributed by atoms with Crippen LogP contribution in [0.25, 0.3) is 22.4 Å². The first-order chi connectivity index (χ1) is 19.4. The maximum absolute atomic E-state index is 7.35. The van der Waals surface area contributed by atoms with Gasteiger partial charge in [0, 0.05) is 10.3 Å². The van der Waals surface area contributed by atoms with Gasteiger partial charge in [0.15, 0.2) is 0 Å². The third kappa shape index (κ3) is 7.96. The van der Waals surface area contributed by atoms with Gasteiger partial charge in [-0.3, -0.25) is 0 Å². The van der Waals surface area contributed by atoms with Gasteiger partial charge in [0.25, 0.3) is 0 Å². The Morgan fingerprint density at radius 3 is 2.05 bits per heavy atom. The Morgan fingerprint density at radius 2 is 1.46 bits per heavy atom. The average Bonchev–Trinajstić information content (AvgIpc) is 2.98. The molecule has 0 radical (unpaired) electrons. The molecule has 0 aliphatic carbocycles. The van der Waals surface area contributed by atoms with Gasteiger partial charge in [-0.15, -0.1) is 53.1 Å². The van der Waals surface area contributed by atoms with Crippen LogP contribution < -0.4 is 5.19 Å². The van der Waals surface area contributed by atoms with E-state index in [0.29, 0.717) is 5.56 Å². The molecule has 1 heterocycles. The molecule has 0 saturated carbocycles. The number of aromatic nitrogens is 1. The summed E-state index contributed by atoms with van der Waals surface area (Å²) in [5, 5.41) is 1.31. The predicted octanol–water partition coefficient (Wildman–Crippen LogP) is 8.68. The largest absolute Gasteiger partial charge is 3.00 e. The van der Waals surface area contributed by atoms with Crippen LogP contribution in [0.1, 0.15) is 34.7 Å². The summed E-state index contributed by atoms with van der Waals surface area (Å²) in [4.78, 5) is 4.47. The maximum Gasteiger partial charge on any atom is 3.00 e. The van der Waals surface area contributed by atoms with Crippen LogP contribution >= 0.6 is 0 Å². The predicted molar refractivity (Wildman–Crippen MR) is 164 cm³/mol. The smallest absolute Gasteiger partial charge is 0.305 e. The van der Waals surface area contributed by atoms with E-state index in [9.17, 15) is 0 Å². The van der Waals surface area contributed by atoms with Crippen LogP contribution in [-0.2, 0) is 25.5 Å². The molecule has 5 rings (SSSR count). The molecule has 0 aliphatic rings. The number of benzene rings is 4. The van der Waals surface area contributed by atoms with Gasteiger partial charge in [0.2, 0.25) is 0 Å². The molecule has 0 atom stereocenters. The fourth-order valence-corrected chi connectivity index (χ4v) is 5.21. The molecule has 0 N–H and O–H groups in total. The molecule has 198 valence electrons.